The van der Waals surface area contributed by atoms with Gasteiger partial charge < -0.3 is 4.42 Å². The molecule has 0 radical (unpaired) electrons. The van der Waals surface area contributed by atoms with Gasteiger partial charge in [-0.15, -0.1) is 11.3 Å². The number of thiophene rings is 1. The Morgan fingerprint density at radius 3 is 2.46 bits per heavy atom. The summed E-state index contributed by atoms with van der Waals surface area (Å²) in [7, 11) is 0. The molecule has 114 valence electrons. The van der Waals surface area contributed by atoms with Crippen LogP contribution in [0, 0.1) is 0 Å². The lowest BCUT2D eigenvalue weighted by atomic mass is 10.1. The summed E-state index contributed by atoms with van der Waals surface area (Å²) in [5, 5.41) is 4.31. The molecule has 0 aliphatic carbocycles. The summed E-state index contributed by atoms with van der Waals surface area (Å²) < 4.78 is 6.14. The maximum absolute atomic E-state index is 6.14. The molecule has 0 saturated carbocycles. The maximum Gasteiger partial charge on any atom is 0.162 e. The highest BCUT2D eigenvalue weighted by molar-refractivity contribution is 7.13. The first-order valence-electron chi connectivity index (χ1n) is 7.82. The van der Waals surface area contributed by atoms with Crippen molar-refractivity contribution in [3.05, 3.63) is 78.2 Å². The third kappa shape index (κ3) is 2.06. The van der Waals surface area contributed by atoms with E-state index in [0.717, 1.165) is 43.8 Å². The number of benzene rings is 2. The minimum atomic E-state index is 0.860. The molecular formula is C21H13NOS. The Hall–Kier alpha value is -2.91. The lowest BCUT2D eigenvalue weighted by Crippen LogP contribution is -1.87. The number of nitrogens with zero attached hydrogens (tertiary/aromatic N) is 1. The van der Waals surface area contributed by atoms with Gasteiger partial charge in [0.05, 0.1) is 10.6 Å². The quantitative estimate of drug-likeness (QED) is 0.376. The molecule has 0 aliphatic heterocycles. The van der Waals surface area contributed by atoms with Gasteiger partial charge in [0.15, 0.2) is 5.58 Å². The molecule has 0 fully saturated rings. The average Bonchev–Trinajstić information content (AvgIpc) is 3.29. The van der Waals surface area contributed by atoms with E-state index in [0.29, 0.717) is 0 Å². The molecule has 0 aliphatic rings. The first-order valence-corrected chi connectivity index (χ1v) is 8.70. The number of para-hydroxylation sites is 1. The normalized spacial score (nSPS) is 11.3. The molecule has 0 N–H and O–H groups in total. The topological polar surface area (TPSA) is 26.0 Å². The van der Waals surface area contributed by atoms with Crippen LogP contribution < -0.4 is 0 Å². The molecule has 0 amide bonds. The Balaban J connectivity index is 1.91. The zero-order valence-electron chi connectivity index (χ0n) is 12.8. The van der Waals surface area contributed by atoms with E-state index in [2.05, 4.69) is 35.7 Å². The number of hydrogen-bond donors (Lipinski definition) is 0. The summed E-state index contributed by atoms with van der Waals surface area (Å²) in [6, 6.07) is 24.7. The molecular weight excluding hydrogens is 314 g/mol. The maximum atomic E-state index is 6.14. The predicted molar refractivity (Wildman–Crippen MR) is 100 cm³/mol. The molecule has 2 nitrogen and oxygen atoms in total. The van der Waals surface area contributed by atoms with E-state index in [4.69, 9.17) is 9.40 Å². The van der Waals surface area contributed by atoms with Crippen LogP contribution in [0.15, 0.2) is 82.6 Å². The van der Waals surface area contributed by atoms with Crippen molar-refractivity contribution < 1.29 is 4.42 Å². The number of rotatable bonds is 2. The van der Waals surface area contributed by atoms with E-state index < -0.39 is 0 Å². The van der Waals surface area contributed by atoms with Gasteiger partial charge in [0.1, 0.15) is 11.3 Å². The lowest BCUT2D eigenvalue weighted by Gasteiger charge is -2.05. The van der Waals surface area contributed by atoms with E-state index >= 15 is 0 Å². The fourth-order valence-corrected chi connectivity index (χ4v) is 3.77. The summed E-state index contributed by atoms with van der Waals surface area (Å²) in [5.41, 5.74) is 4.76. The monoisotopic (exact) mass is 327 g/mol. The number of furan rings is 1. The van der Waals surface area contributed by atoms with Crippen molar-refractivity contribution in [2.24, 2.45) is 0 Å². The van der Waals surface area contributed by atoms with Crippen LogP contribution in [-0.2, 0) is 0 Å². The Labute approximate surface area is 143 Å². The molecule has 3 heterocycles. The molecule has 0 unspecified atom stereocenters. The van der Waals surface area contributed by atoms with Gasteiger partial charge in [0, 0.05) is 16.3 Å². The van der Waals surface area contributed by atoms with Crippen LogP contribution in [0.2, 0.25) is 0 Å². The molecule has 5 rings (SSSR count). The van der Waals surface area contributed by atoms with Gasteiger partial charge in [0.25, 0.3) is 0 Å². The standard InChI is InChI=1S/C21H13NOS/c1-2-7-14(8-3-1)17-13-16-15-9-4-5-10-18(15)23-21(16)20(22-17)19-11-6-12-24-19/h1-13H. The molecule has 3 heteroatoms. The number of aromatic nitrogens is 1. The molecule has 3 aromatic heterocycles. The minimum Gasteiger partial charge on any atom is -0.454 e. The third-order valence-electron chi connectivity index (χ3n) is 4.19. The lowest BCUT2D eigenvalue weighted by molar-refractivity contribution is 0.668. The highest BCUT2D eigenvalue weighted by Gasteiger charge is 2.16. The third-order valence-corrected chi connectivity index (χ3v) is 5.06. The fraction of sp³-hybridized carbons (Fsp3) is 0. The van der Waals surface area contributed by atoms with Gasteiger partial charge >= 0.3 is 0 Å². The van der Waals surface area contributed by atoms with Gasteiger partial charge in [-0.3, -0.25) is 0 Å². The van der Waals surface area contributed by atoms with Crippen LogP contribution in [0.3, 0.4) is 0 Å². The summed E-state index contributed by atoms with van der Waals surface area (Å²) in [4.78, 5) is 6.05. The van der Waals surface area contributed by atoms with Gasteiger partial charge in [-0.1, -0.05) is 54.6 Å². The van der Waals surface area contributed by atoms with Crippen LogP contribution in [0.25, 0.3) is 43.8 Å². The van der Waals surface area contributed by atoms with Gasteiger partial charge in [-0.25, -0.2) is 4.98 Å². The largest absolute Gasteiger partial charge is 0.454 e. The fourth-order valence-electron chi connectivity index (χ4n) is 3.06. The van der Waals surface area contributed by atoms with Crippen molar-refractivity contribution >= 4 is 33.3 Å². The Kier molecular flexibility index (Phi) is 3.00. The summed E-state index contributed by atoms with van der Waals surface area (Å²) in [6.45, 7) is 0. The van der Waals surface area contributed by atoms with E-state index in [1.54, 1.807) is 11.3 Å². The molecule has 24 heavy (non-hydrogen) atoms. The number of fused-ring (bicyclic) bond motifs is 3. The van der Waals surface area contributed by atoms with Crippen LogP contribution in [0.4, 0.5) is 0 Å². The van der Waals surface area contributed by atoms with Crippen molar-refractivity contribution in [2.45, 2.75) is 0 Å². The summed E-state index contributed by atoms with van der Waals surface area (Å²) in [5.74, 6) is 0. The van der Waals surface area contributed by atoms with Crippen LogP contribution >= 0.6 is 11.3 Å². The van der Waals surface area contributed by atoms with Gasteiger partial charge in [-0.2, -0.15) is 0 Å². The molecule has 0 saturated heterocycles. The molecule has 0 atom stereocenters. The smallest absolute Gasteiger partial charge is 0.162 e. The second-order valence-electron chi connectivity index (χ2n) is 5.67. The van der Waals surface area contributed by atoms with Crippen LogP contribution in [0.5, 0.6) is 0 Å². The van der Waals surface area contributed by atoms with Crippen molar-refractivity contribution in [3.63, 3.8) is 0 Å². The van der Waals surface area contributed by atoms with Gasteiger partial charge in [0.2, 0.25) is 0 Å². The molecule has 0 bridgehead atoms. The highest BCUT2D eigenvalue weighted by Crippen LogP contribution is 2.38. The summed E-state index contributed by atoms with van der Waals surface area (Å²) in [6.07, 6.45) is 0. The van der Waals surface area contributed by atoms with Gasteiger partial charge in [-0.05, 0) is 23.6 Å². The summed E-state index contributed by atoms with van der Waals surface area (Å²) >= 11 is 1.68. The van der Waals surface area contributed by atoms with E-state index in [1.165, 1.54) is 0 Å². The minimum absolute atomic E-state index is 0.860. The molecule has 0 spiro atoms. The first-order chi connectivity index (χ1) is 11.9. The number of hydrogen-bond acceptors (Lipinski definition) is 3. The second-order valence-corrected chi connectivity index (χ2v) is 6.62. The van der Waals surface area contributed by atoms with E-state index in [1.807, 2.05) is 42.5 Å². The van der Waals surface area contributed by atoms with E-state index in [9.17, 15) is 0 Å². The van der Waals surface area contributed by atoms with Crippen LogP contribution in [-0.4, -0.2) is 4.98 Å². The molecule has 2 aromatic carbocycles. The Bertz CT molecular complexity index is 1140. The second kappa shape index (κ2) is 5.32. The number of pyridine rings is 1. The zero-order valence-corrected chi connectivity index (χ0v) is 13.6. The van der Waals surface area contributed by atoms with Crippen molar-refractivity contribution in [1.29, 1.82) is 0 Å². The Morgan fingerprint density at radius 1 is 0.792 bits per heavy atom. The Morgan fingerprint density at radius 2 is 1.62 bits per heavy atom. The SMILES string of the molecule is c1ccc(-c2cc3c(oc4ccccc43)c(-c3cccs3)n2)cc1. The van der Waals surface area contributed by atoms with Crippen molar-refractivity contribution in [2.75, 3.05) is 0 Å². The van der Waals surface area contributed by atoms with Crippen LogP contribution in [0.1, 0.15) is 0 Å². The van der Waals surface area contributed by atoms with Crippen molar-refractivity contribution in [3.8, 4) is 21.8 Å². The average molecular weight is 327 g/mol. The van der Waals surface area contributed by atoms with E-state index in [-0.39, 0.29) is 0 Å². The zero-order chi connectivity index (χ0) is 15.9. The highest BCUT2D eigenvalue weighted by atomic mass is 32.1. The molecule has 5 aromatic rings. The predicted octanol–water partition coefficient (Wildman–Crippen LogP) is 6.38. The first kappa shape index (κ1) is 13.5. The van der Waals surface area contributed by atoms with Crippen molar-refractivity contribution in [1.82, 2.24) is 4.98 Å².